The van der Waals surface area contributed by atoms with E-state index in [0.29, 0.717) is 11.6 Å². The van der Waals surface area contributed by atoms with Crippen molar-refractivity contribution < 1.29 is 9.47 Å². The molecule has 0 amide bonds. The van der Waals surface area contributed by atoms with E-state index in [9.17, 15) is 0 Å². The summed E-state index contributed by atoms with van der Waals surface area (Å²) >= 11 is 0. The maximum atomic E-state index is 6.98. The molecule has 522 valence electrons. The first kappa shape index (κ1) is 64.5. The quantitative estimate of drug-likeness (QED) is 0.129. The topological polar surface area (TPSA) is 70.0 Å². The molecule has 0 atom stereocenters. The van der Waals surface area contributed by atoms with Crippen LogP contribution in [0.4, 0.5) is 0 Å². The Hall–Kier alpha value is -14.7. The van der Waals surface area contributed by atoms with Crippen LogP contribution >= 0.6 is 0 Å². The zero-order valence-corrected chi connectivity index (χ0v) is 60.7. The highest BCUT2D eigenvalue weighted by atomic mass is 16.5. The minimum Gasteiger partial charge on any atom is -0.457 e. The van der Waals surface area contributed by atoms with E-state index in [1.807, 2.05) is 18.2 Å². The van der Waals surface area contributed by atoms with E-state index < -0.39 is 10.8 Å². The van der Waals surface area contributed by atoms with Crippen LogP contribution in [0.2, 0.25) is 0 Å². The molecule has 0 radical (unpaired) electrons. The molecule has 6 heteroatoms. The lowest BCUT2D eigenvalue weighted by Crippen LogP contribution is -2.32. The lowest BCUT2D eigenvalue weighted by atomic mass is 9.66. The van der Waals surface area contributed by atoms with Crippen molar-refractivity contribution in [2.75, 3.05) is 0 Å². The minimum atomic E-state index is -0.542. The van der Waals surface area contributed by atoms with Crippen LogP contribution in [-0.2, 0) is 10.8 Å². The molecule has 2 aliphatic heterocycles. The maximum Gasteiger partial charge on any atom is 0.161 e. The van der Waals surface area contributed by atoms with E-state index >= 15 is 0 Å². The molecule has 0 fully saturated rings. The number of nitrogens with zero attached hydrogens (tertiary/aromatic N) is 4. The smallest absolute Gasteiger partial charge is 0.161 e. The maximum absolute atomic E-state index is 6.98. The van der Waals surface area contributed by atoms with Gasteiger partial charge in [0.1, 0.15) is 23.0 Å². The molecule has 16 aromatic carbocycles. The summed E-state index contributed by atoms with van der Waals surface area (Å²) in [5, 5.41) is 0. The molecule has 2 aromatic heterocycles. The van der Waals surface area contributed by atoms with Crippen molar-refractivity contribution in [2.45, 2.75) is 10.8 Å². The number of para-hydroxylation sites is 2. The van der Waals surface area contributed by atoms with Crippen LogP contribution in [0.15, 0.2) is 400 Å². The Balaban J connectivity index is 0.608. The summed E-state index contributed by atoms with van der Waals surface area (Å²) in [7, 11) is 0. The van der Waals surface area contributed by atoms with E-state index in [-0.39, 0.29) is 0 Å². The molecular weight excluding hydrogens is 1360 g/mol. The summed E-state index contributed by atoms with van der Waals surface area (Å²) in [6.45, 7) is 0. The number of ether oxygens (including phenoxy) is 2. The van der Waals surface area contributed by atoms with Gasteiger partial charge < -0.3 is 9.47 Å². The largest absolute Gasteiger partial charge is 0.457 e. The van der Waals surface area contributed by atoms with Gasteiger partial charge in [-0.1, -0.05) is 352 Å². The van der Waals surface area contributed by atoms with Gasteiger partial charge in [0, 0.05) is 55.6 Å². The van der Waals surface area contributed by atoms with Crippen LogP contribution in [0.25, 0.3) is 146 Å². The Morgan fingerprint density at radius 3 is 0.884 bits per heavy atom. The molecule has 0 bridgehead atoms. The highest BCUT2D eigenvalue weighted by Crippen LogP contribution is 2.64. The summed E-state index contributed by atoms with van der Waals surface area (Å²) in [6.07, 6.45) is 0. The number of fused-ring (bicyclic) bond motifs is 18. The van der Waals surface area contributed by atoms with Gasteiger partial charge in [-0.3, -0.25) is 0 Å². The molecule has 2 aliphatic carbocycles. The molecule has 0 saturated carbocycles. The monoisotopic (exact) mass is 1430 g/mol. The van der Waals surface area contributed by atoms with Gasteiger partial charge in [-0.15, -0.1) is 0 Å². The fourth-order valence-electron chi connectivity index (χ4n) is 18.3. The summed E-state index contributed by atoms with van der Waals surface area (Å²) in [5.74, 6) is 4.71. The van der Waals surface area contributed by atoms with Gasteiger partial charge in [0.25, 0.3) is 0 Å². The van der Waals surface area contributed by atoms with Gasteiger partial charge in [0.2, 0.25) is 0 Å². The molecule has 2 spiro atoms. The lowest BCUT2D eigenvalue weighted by molar-refractivity contribution is 0.436. The van der Waals surface area contributed by atoms with E-state index in [2.05, 4.69) is 382 Å². The van der Waals surface area contributed by atoms with Crippen LogP contribution in [0.5, 0.6) is 23.0 Å². The van der Waals surface area contributed by atoms with Crippen LogP contribution in [0, 0.1) is 0 Å². The number of hydrogen-bond donors (Lipinski definition) is 0. The Morgan fingerprint density at radius 1 is 0.152 bits per heavy atom. The van der Waals surface area contributed by atoms with E-state index in [4.69, 9.17) is 29.4 Å². The van der Waals surface area contributed by atoms with Crippen molar-refractivity contribution in [3.8, 4) is 169 Å². The highest BCUT2D eigenvalue weighted by Gasteiger charge is 2.53. The predicted molar refractivity (Wildman–Crippen MR) is 452 cm³/mol. The van der Waals surface area contributed by atoms with Crippen LogP contribution in [0.3, 0.4) is 0 Å². The first-order chi connectivity index (χ1) is 55.5. The standard InChI is InChI=1S/C106H66N4O2/c1-4-24-71(25-5-1)95-65-98(108-103(107-95)75-54-50-69(51-55-75)79-30-10-11-31-80(79)78-58-61-94-102(64-78)112-100-43-23-21-41-92(100)106(94)89-38-18-14-34-83(89)84-35-15-19-39-90(84)106)74-52-46-67(47-53-74)76-56-59-85(104-109-96(72-26-6-2-7-27-72)66-97(110-104)73-28-8-3-9-29-73)86(62-76)70-48-44-68(45-49-70)77-57-60-93-101(63-77)111-99-42-22-20-40-91(99)105(93)87-36-16-12-32-81(87)82-33-13-17-37-88(82)105/h1-66H. The van der Waals surface area contributed by atoms with Gasteiger partial charge >= 0.3 is 0 Å². The average molecular weight is 1430 g/mol. The zero-order chi connectivity index (χ0) is 73.9. The third-order valence-corrected chi connectivity index (χ3v) is 23.4. The Labute approximate surface area is 649 Å². The summed E-state index contributed by atoms with van der Waals surface area (Å²) in [4.78, 5) is 21.5. The Morgan fingerprint density at radius 2 is 0.438 bits per heavy atom. The fourth-order valence-corrected chi connectivity index (χ4v) is 18.3. The summed E-state index contributed by atoms with van der Waals surface area (Å²) in [5.41, 5.74) is 33.4. The van der Waals surface area contributed by atoms with Gasteiger partial charge in [0.05, 0.1) is 33.6 Å². The molecule has 6 nitrogen and oxygen atoms in total. The van der Waals surface area contributed by atoms with Gasteiger partial charge in [-0.25, -0.2) is 19.9 Å². The van der Waals surface area contributed by atoms with E-state index in [1.54, 1.807) is 0 Å². The fraction of sp³-hybridized carbons (Fsp3) is 0.0189. The Kier molecular flexibility index (Phi) is 15.0. The second-order valence-electron chi connectivity index (χ2n) is 29.4. The number of aromatic nitrogens is 4. The first-order valence-electron chi connectivity index (χ1n) is 38.2. The molecule has 0 saturated heterocycles. The zero-order valence-electron chi connectivity index (χ0n) is 60.7. The van der Waals surface area contributed by atoms with Crippen molar-refractivity contribution in [1.29, 1.82) is 0 Å². The third kappa shape index (κ3) is 10.3. The van der Waals surface area contributed by atoms with Crippen LogP contribution in [0.1, 0.15) is 44.5 Å². The predicted octanol–water partition coefficient (Wildman–Crippen LogP) is 26.5. The normalized spacial score (nSPS) is 13.1. The minimum absolute atomic E-state index is 0.534. The average Bonchev–Trinajstić information content (AvgIpc) is 1.50. The van der Waals surface area contributed by atoms with Crippen LogP contribution in [-0.4, -0.2) is 19.9 Å². The van der Waals surface area contributed by atoms with Crippen molar-refractivity contribution in [1.82, 2.24) is 19.9 Å². The SMILES string of the molecule is c1ccc(-c2cc(-c3ccc(-c4ccc(-c5nc(-c6ccccc6)cc(-c6ccccc6)n5)c(-c5ccc(-c6ccc7c(c6)Oc6ccccc6C76c7ccccc7-c7ccccc76)cc5)c4)cc3)nc(-c3ccc(-c4ccccc4-c4ccc5c(c4)Oc4ccccc4C54c5ccccc5-c5ccccc54)cc3)n2)cc1. The van der Waals surface area contributed by atoms with Gasteiger partial charge in [0.15, 0.2) is 11.6 Å². The van der Waals surface area contributed by atoms with Crippen molar-refractivity contribution >= 4 is 0 Å². The number of hydrogen-bond acceptors (Lipinski definition) is 6. The van der Waals surface area contributed by atoms with E-state index in [1.165, 1.54) is 44.5 Å². The highest BCUT2D eigenvalue weighted by molar-refractivity contribution is 5.94. The second kappa shape index (κ2) is 26.0. The lowest BCUT2D eigenvalue weighted by Gasteiger charge is -2.39. The number of benzene rings is 16. The molecule has 0 unspecified atom stereocenters. The van der Waals surface area contributed by atoms with Crippen molar-refractivity contribution in [2.24, 2.45) is 0 Å². The summed E-state index contributed by atoms with van der Waals surface area (Å²) < 4.78 is 13.9. The van der Waals surface area contributed by atoms with Crippen molar-refractivity contribution in [3.05, 3.63) is 445 Å². The molecule has 18 aromatic rings. The van der Waals surface area contributed by atoms with Crippen molar-refractivity contribution in [3.63, 3.8) is 0 Å². The molecule has 4 heterocycles. The van der Waals surface area contributed by atoms with E-state index in [0.717, 1.165) is 157 Å². The third-order valence-electron chi connectivity index (χ3n) is 23.4. The molecule has 22 rings (SSSR count). The first-order valence-corrected chi connectivity index (χ1v) is 38.2. The van der Waals surface area contributed by atoms with Crippen LogP contribution < -0.4 is 9.47 Å². The number of rotatable bonds is 11. The summed E-state index contributed by atoms with van der Waals surface area (Å²) in [6, 6.07) is 143. The molecule has 4 aliphatic rings. The second-order valence-corrected chi connectivity index (χ2v) is 29.4. The Bertz CT molecular complexity index is 6650. The molecular formula is C106H66N4O2. The molecule has 0 N–H and O–H groups in total. The van der Waals surface area contributed by atoms with Gasteiger partial charge in [-0.05, 0) is 149 Å². The molecule has 112 heavy (non-hydrogen) atoms. The van der Waals surface area contributed by atoms with Gasteiger partial charge in [-0.2, -0.15) is 0 Å².